The molecule has 0 radical (unpaired) electrons. The first-order valence-corrected chi connectivity index (χ1v) is 6.96. The molecule has 0 bridgehead atoms. The number of rotatable bonds is 5. The van der Waals surface area contributed by atoms with E-state index in [1.165, 1.54) is 7.11 Å². The first-order chi connectivity index (χ1) is 11.1. The zero-order valence-corrected chi connectivity index (χ0v) is 13.0. The number of carbonyl (C=O) groups excluding carboxylic acids is 2. The summed E-state index contributed by atoms with van der Waals surface area (Å²) >= 11 is 0. The number of anilines is 2. The minimum Gasteiger partial charge on any atom is -0.453 e. The molecule has 120 valence electrons. The monoisotopic (exact) mass is 314 g/mol. The second-order valence-corrected chi connectivity index (χ2v) is 4.78. The number of nitrogens with one attached hydrogen (secondary N) is 2. The summed E-state index contributed by atoms with van der Waals surface area (Å²) in [7, 11) is 2.91. The van der Waals surface area contributed by atoms with Gasteiger partial charge in [-0.05, 0) is 35.9 Å². The third-order valence-electron chi connectivity index (χ3n) is 3.08. The van der Waals surface area contributed by atoms with E-state index in [-0.39, 0.29) is 5.91 Å². The van der Waals surface area contributed by atoms with Crippen molar-refractivity contribution in [3.63, 3.8) is 0 Å². The molecule has 2 aromatic rings. The van der Waals surface area contributed by atoms with Crippen molar-refractivity contribution in [1.82, 2.24) is 0 Å². The van der Waals surface area contributed by atoms with Crippen LogP contribution in [0.25, 0.3) is 0 Å². The van der Waals surface area contributed by atoms with Gasteiger partial charge in [0.15, 0.2) is 0 Å². The SMILES string of the molecule is COCc1ccc(NC(=O)c2cccc(NC(=O)OC)c2)cc1. The van der Waals surface area contributed by atoms with Gasteiger partial charge >= 0.3 is 6.09 Å². The van der Waals surface area contributed by atoms with E-state index in [4.69, 9.17) is 4.74 Å². The molecule has 6 heteroatoms. The fourth-order valence-electron chi connectivity index (χ4n) is 1.96. The summed E-state index contributed by atoms with van der Waals surface area (Å²) in [6.45, 7) is 0.523. The van der Waals surface area contributed by atoms with Crippen LogP contribution in [0.15, 0.2) is 48.5 Å². The predicted molar refractivity (Wildman–Crippen MR) is 87.6 cm³/mol. The third kappa shape index (κ3) is 4.82. The normalized spacial score (nSPS) is 10.0. The van der Waals surface area contributed by atoms with Gasteiger partial charge in [-0.25, -0.2) is 4.79 Å². The molecule has 2 amide bonds. The molecular formula is C17H18N2O4. The van der Waals surface area contributed by atoms with Crippen LogP contribution in [0.5, 0.6) is 0 Å². The molecular weight excluding hydrogens is 296 g/mol. The fourth-order valence-corrected chi connectivity index (χ4v) is 1.96. The summed E-state index contributed by atoms with van der Waals surface area (Å²) < 4.78 is 9.56. The Morgan fingerprint density at radius 3 is 2.35 bits per heavy atom. The van der Waals surface area contributed by atoms with Gasteiger partial charge in [-0.15, -0.1) is 0 Å². The van der Waals surface area contributed by atoms with Crippen LogP contribution in [0, 0.1) is 0 Å². The molecule has 2 N–H and O–H groups in total. The van der Waals surface area contributed by atoms with E-state index in [0.717, 1.165) is 5.56 Å². The molecule has 0 saturated heterocycles. The van der Waals surface area contributed by atoms with Crippen molar-refractivity contribution < 1.29 is 19.1 Å². The van der Waals surface area contributed by atoms with Crippen molar-refractivity contribution in [3.05, 3.63) is 59.7 Å². The van der Waals surface area contributed by atoms with E-state index in [1.54, 1.807) is 31.4 Å². The van der Waals surface area contributed by atoms with E-state index in [9.17, 15) is 9.59 Å². The van der Waals surface area contributed by atoms with Gasteiger partial charge in [-0.3, -0.25) is 10.1 Å². The van der Waals surface area contributed by atoms with E-state index in [1.807, 2.05) is 24.3 Å². The maximum atomic E-state index is 12.3. The molecule has 0 atom stereocenters. The average molecular weight is 314 g/mol. The lowest BCUT2D eigenvalue weighted by Crippen LogP contribution is -2.14. The Morgan fingerprint density at radius 1 is 0.957 bits per heavy atom. The Morgan fingerprint density at radius 2 is 1.70 bits per heavy atom. The molecule has 0 aliphatic carbocycles. The summed E-state index contributed by atoms with van der Waals surface area (Å²) in [5.41, 5.74) is 2.62. The van der Waals surface area contributed by atoms with Crippen molar-refractivity contribution in [2.75, 3.05) is 24.9 Å². The maximum Gasteiger partial charge on any atom is 0.411 e. The summed E-state index contributed by atoms with van der Waals surface area (Å²) in [5, 5.41) is 5.32. The Labute approximate surface area is 134 Å². The first-order valence-electron chi connectivity index (χ1n) is 6.96. The van der Waals surface area contributed by atoms with Gasteiger partial charge in [0.2, 0.25) is 0 Å². The highest BCUT2D eigenvalue weighted by Gasteiger charge is 2.08. The highest BCUT2D eigenvalue weighted by Crippen LogP contribution is 2.15. The summed E-state index contributed by atoms with van der Waals surface area (Å²) in [4.78, 5) is 23.4. The second kappa shape index (κ2) is 7.95. The van der Waals surface area contributed by atoms with Gasteiger partial charge < -0.3 is 14.8 Å². The van der Waals surface area contributed by atoms with Crippen molar-refractivity contribution in [1.29, 1.82) is 0 Å². The number of methoxy groups -OCH3 is 2. The number of benzene rings is 2. The minimum absolute atomic E-state index is 0.266. The van der Waals surface area contributed by atoms with Gasteiger partial charge in [-0.2, -0.15) is 0 Å². The quantitative estimate of drug-likeness (QED) is 0.888. The number of ether oxygens (including phenoxy) is 2. The molecule has 6 nitrogen and oxygen atoms in total. The Kier molecular flexibility index (Phi) is 5.71. The first kappa shape index (κ1) is 16.5. The molecule has 0 fully saturated rings. The van der Waals surface area contributed by atoms with Crippen molar-refractivity contribution in [2.24, 2.45) is 0 Å². The van der Waals surface area contributed by atoms with Crippen LogP contribution in [0.2, 0.25) is 0 Å². The number of hydrogen-bond donors (Lipinski definition) is 2. The molecule has 0 aliphatic heterocycles. The van der Waals surface area contributed by atoms with Crippen LogP contribution in [0.4, 0.5) is 16.2 Å². The molecule has 2 aromatic carbocycles. The second-order valence-electron chi connectivity index (χ2n) is 4.78. The van der Waals surface area contributed by atoms with Crippen LogP contribution >= 0.6 is 0 Å². The van der Waals surface area contributed by atoms with Crippen LogP contribution < -0.4 is 10.6 Å². The smallest absolute Gasteiger partial charge is 0.411 e. The molecule has 0 aliphatic rings. The topological polar surface area (TPSA) is 76.7 Å². The van der Waals surface area contributed by atoms with Gasteiger partial charge in [0.1, 0.15) is 0 Å². The zero-order chi connectivity index (χ0) is 16.7. The third-order valence-corrected chi connectivity index (χ3v) is 3.08. The lowest BCUT2D eigenvalue weighted by atomic mass is 10.1. The Balaban J connectivity index is 2.05. The summed E-state index contributed by atoms with van der Waals surface area (Å²) in [6, 6.07) is 14.0. The lowest BCUT2D eigenvalue weighted by molar-refractivity contribution is 0.102. The number of hydrogen-bond acceptors (Lipinski definition) is 4. The molecule has 0 unspecified atom stereocenters. The fraction of sp³-hybridized carbons (Fsp3) is 0.176. The van der Waals surface area contributed by atoms with E-state index in [2.05, 4.69) is 15.4 Å². The van der Waals surface area contributed by atoms with Crippen molar-refractivity contribution in [3.8, 4) is 0 Å². The highest BCUT2D eigenvalue weighted by atomic mass is 16.5. The van der Waals surface area contributed by atoms with E-state index in [0.29, 0.717) is 23.5 Å². The summed E-state index contributed by atoms with van der Waals surface area (Å²) in [6.07, 6.45) is -0.587. The van der Waals surface area contributed by atoms with Gasteiger partial charge in [-0.1, -0.05) is 18.2 Å². The number of carbonyl (C=O) groups is 2. The van der Waals surface area contributed by atoms with Crippen molar-refractivity contribution in [2.45, 2.75) is 6.61 Å². The van der Waals surface area contributed by atoms with Gasteiger partial charge in [0.25, 0.3) is 5.91 Å². The van der Waals surface area contributed by atoms with E-state index >= 15 is 0 Å². The largest absolute Gasteiger partial charge is 0.453 e. The van der Waals surface area contributed by atoms with Gasteiger partial charge in [0, 0.05) is 24.0 Å². The standard InChI is InChI=1S/C17H18N2O4/c1-22-11-12-6-8-14(9-7-12)18-16(20)13-4-3-5-15(10-13)19-17(21)23-2/h3-10H,11H2,1-2H3,(H,18,20)(H,19,21). The van der Waals surface area contributed by atoms with E-state index < -0.39 is 6.09 Å². The highest BCUT2D eigenvalue weighted by molar-refractivity contribution is 6.05. The Hall–Kier alpha value is -2.86. The van der Waals surface area contributed by atoms with Crippen LogP contribution in [-0.2, 0) is 16.1 Å². The van der Waals surface area contributed by atoms with Crippen LogP contribution in [0.1, 0.15) is 15.9 Å². The molecule has 0 spiro atoms. The Bertz CT molecular complexity index is 683. The molecule has 2 rings (SSSR count). The molecule has 0 heterocycles. The molecule has 0 saturated carbocycles. The molecule has 0 aromatic heterocycles. The summed E-state index contributed by atoms with van der Waals surface area (Å²) in [5.74, 6) is -0.266. The van der Waals surface area contributed by atoms with Gasteiger partial charge in [0.05, 0.1) is 13.7 Å². The average Bonchev–Trinajstić information content (AvgIpc) is 2.57. The zero-order valence-electron chi connectivity index (χ0n) is 13.0. The number of amides is 2. The molecule has 23 heavy (non-hydrogen) atoms. The minimum atomic E-state index is -0.587. The predicted octanol–water partition coefficient (Wildman–Crippen LogP) is 3.26. The van der Waals surface area contributed by atoms with Crippen molar-refractivity contribution >= 4 is 23.4 Å². The van der Waals surface area contributed by atoms with Crippen LogP contribution in [-0.4, -0.2) is 26.2 Å². The van der Waals surface area contributed by atoms with Crippen LogP contribution in [0.3, 0.4) is 0 Å². The maximum absolute atomic E-state index is 12.3. The lowest BCUT2D eigenvalue weighted by Gasteiger charge is -2.08.